The molecule has 2 aromatic rings. The van der Waals surface area contributed by atoms with Gasteiger partial charge in [-0.25, -0.2) is 0 Å². The smallest absolute Gasteiger partial charge is 0.289 e. The molecule has 0 bridgehead atoms. The van der Waals surface area contributed by atoms with E-state index in [1.807, 2.05) is 18.2 Å². The molecule has 0 radical (unpaired) electrons. The van der Waals surface area contributed by atoms with Gasteiger partial charge in [0.2, 0.25) is 5.91 Å². The average molecular weight is 398 g/mol. The minimum Gasteiger partial charge on any atom is -0.459 e. The van der Waals surface area contributed by atoms with Gasteiger partial charge in [-0.3, -0.25) is 14.5 Å². The van der Waals surface area contributed by atoms with Crippen LogP contribution in [0, 0.1) is 5.92 Å². The number of benzene rings is 1. The van der Waals surface area contributed by atoms with Crippen LogP contribution >= 0.6 is 0 Å². The number of nitrogens with one attached hydrogen (secondary N) is 1. The second-order valence-electron chi connectivity index (χ2n) is 7.44. The van der Waals surface area contributed by atoms with Gasteiger partial charge in [0.15, 0.2) is 5.76 Å². The van der Waals surface area contributed by atoms with E-state index in [0.29, 0.717) is 38.2 Å². The minimum atomic E-state index is -0.0977. The van der Waals surface area contributed by atoms with Crippen LogP contribution in [0.5, 0.6) is 0 Å². The van der Waals surface area contributed by atoms with E-state index < -0.39 is 0 Å². The molecule has 29 heavy (non-hydrogen) atoms. The molecule has 156 valence electrons. The van der Waals surface area contributed by atoms with E-state index in [-0.39, 0.29) is 23.8 Å². The molecule has 1 aliphatic heterocycles. The van der Waals surface area contributed by atoms with Gasteiger partial charge in [0.1, 0.15) is 0 Å². The normalized spacial score (nSPS) is 16.0. The molecule has 1 N–H and O–H groups in total. The Labute approximate surface area is 172 Å². The van der Waals surface area contributed by atoms with Crippen molar-refractivity contribution in [1.82, 2.24) is 15.1 Å². The van der Waals surface area contributed by atoms with Crippen LogP contribution < -0.4 is 5.32 Å². The third-order valence-corrected chi connectivity index (χ3v) is 5.79. The molecule has 1 atom stereocenters. The summed E-state index contributed by atoms with van der Waals surface area (Å²) in [5, 5.41) is 3.17. The third-order valence-electron chi connectivity index (χ3n) is 5.79. The molecule has 1 aliphatic rings. The van der Waals surface area contributed by atoms with Gasteiger partial charge in [-0.2, -0.15) is 0 Å². The molecule has 2 heterocycles. The van der Waals surface area contributed by atoms with Crippen molar-refractivity contribution in [3.05, 3.63) is 60.1 Å². The van der Waals surface area contributed by atoms with E-state index in [1.165, 1.54) is 11.8 Å². The molecule has 1 aromatic heterocycles. The quantitative estimate of drug-likeness (QED) is 0.742. The first-order chi connectivity index (χ1) is 14.1. The number of likely N-dealkylation sites (N-methyl/N-ethyl adjacent to an activating group) is 1. The fourth-order valence-corrected chi connectivity index (χ4v) is 4.04. The number of nitrogens with zero attached hydrogens (tertiary/aromatic N) is 2. The van der Waals surface area contributed by atoms with Crippen molar-refractivity contribution in [1.29, 1.82) is 0 Å². The Morgan fingerprint density at radius 3 is 2.38 bits per heavy atom. The monoisotopic (exact) mass is 397 g/mol. The summed E-state index contributed by atoms with van der Waals surface area (Å²) in [5.41, 5.74) is 1.22. The maximum atomic E-state index is 12.8. The fraction of sp³-hybridized carbons (Fsp3) is 0.478. The van der Waals surface area contributed by atoms with Crippen molar-refractivity contribution in [3.8, 4) is 0 Å². The summed E-state index contributed by atoms with van der Waals surface area (Å²) < 4.78 is 5.20. The van der Waals surface area contributed by atoms with E-state index in [1.54, 1.807) is 17.0 Å². The molecule has 1 saturated heterocycles. The summed E-state index contributed by atoms with van der Waals surface area (Å²) >= 11 is 0. The van der Waals surface area contributed by atoms with Crippen molar-refractivity contribution >= 4 is 11.8 Å². The first kappa shape index (κ1) is 21.1. The number of amides is 2. The van der Waals surface area contributed by atoms with Gasteiger partial charge in [0, 0.05) is 25.6 Å². The van der Waals surface area contributed by atoms with Gasteiger partial charge >= 0.3 is 0 Å². The Morgan fingerprint density at radius 1 is 1.10 bits per heavy atom. The first-order valence-corrected chi connectivity index (χ1v) is 10.5. The SMILES string of the molecule is CCN(CC)C(CNC(=O)C1CCN(C(=O)c2ccco2)CC1)c1ccccc1. The van der Waals surface area contributed by atoms with Crippen LogP contribution in [-0.4, -0.2) is 54.3 Å². The predicted molar refractivity (Wildman–Crippen MR) is 112 cm³/mol. The summed E-state index contributed by atoms with van der Waals surface area (Å²) in [7, 11) is 0. The lowest BCUT2D eigenvalue weighted by Crippen LogP contribution is -2.45. The molecule has 6 nitrogen and oxygen atoms in total. The number of rotatable bonds is 8. The Hall–Kier alpha value is -2.60. The summed E-state index contributed by atoms with van der Waals surface area (Å²) in [5.74, 6) is 0.296. The summed E-state index contributed by atoms with van der Waals surface area (Å²) in [6.07, 6.45) is 2.87. The average Bonchev–Trinajstić information content (AvgIpc) is 3.31. The molecule has 1 fully saturated rings. The van der Waals surface area contributed by atoms with Gasteiger partial charge in [-0.05, 0) is 43.6 Å². The summed E-state index contributed by atoms with van der Waals surface area (Å²) in [6, 6.07) is 13.9. The number of piperidine rings is 1. The largest absolute Gasteiger partial charge is 0.459 e. The predicted octanol–water partition coefficient (Wildman–Crippen LogP) is 3.33. The molecule has 3 rings (SSSR count). The molecule has 1 unspecified atom stereocenters. The van der Waals surface area contributed by atoms with E-state index in [9.17, 15) is 9.59 Å². The van der Waals surface area contributed by atoms with Gasteiger partial charge in [0.25, 0.3) is 5.91 Å². The lowest BCUT2D eigenvalue weighted by molar-refractivity contribution is -0.126. The van der Waals surface area contributed by atoms with Gasteiger partial charge in [0.05, 0.1) is 12.3 Å². The molecule has 1 aromatic carbocycles. The third kappa shape index (κ3) is 5.26. The van der Waals surface area contributed by atoms with E-state index in [0.717, 1.165) is 13.1 Å². The zero-order valence-corrected chi connectivity index (χ0v) is 17.3. The highest BCUT2D eigenvalue weighted by Gasteiger charge is 2.29. The maximum Gasteiger partial charge on any atom is 0.289 e. The van der Waals surface area contributed by atoms with Crippen molar-refractivity contribution in [2.24, 2.45) is 5.92 Å². The number of hydrogen-bond donors (Lipinski definition) is 1. The Balaban J connectivity index is 1.54. The fourth-order valence-electron chi connectivity index (χ4n) is 4.04. The number of carbonyl (C=O) groups excluding carboxylic acids is 2. The number of hydrogen-bond acceptors (Lipinski definition) is 4. The Kier molecular flexibility index (Phi) is 7.47. The maximum absolute atomic E-state index is 12.8. The van der Waals surface area contributed by atoms with Crippen LogP contribution in [0.2, 0.25) is 0 Å². The van der Waals surface area contributed by atoms with Crippen LogP contribution in [0.25, 0.3) is 0 Å². The lowest BCUT2D eigenvalue weighted by Gasteiger charge is -2.33. The molecular formula is C23H31N3O3. The zero-order valence-electron chi connectivity index (χ0n) is 17.3. The van der Waals surface area contributed by atoms with Gasteiger partial charge in [-0.15, -0.1) is 0 Å². The second kappa shape index (κ2) is 10.3. The molecular weight excluding hydrogens is 366 g/mol. The molecule has 6 heteroatoms. The number of furan rings is 1. The topological polar surface area (TPSA) is 65.8 Å². The summed E-state index contributed by atoms with van der Waals surface area (Å²) in [4.78, 5) is 29.3. The van der Waals surface area contributed by atoms with E-state index in [4.69, 9.17) is 4.42 Å². The van der Waals surface area contributed by atoms with Crippen LogP contribution in [0.3, 0.4) is 0 Å². The van der Waals surface area contributed by atoms with Crippen molar-refractivity contribution < 1.29 is 14.0 Å². The van der Waals surface area contributed by atoms with Crippen molar-refractivity contribution in [2.45, 2.75) is 32.7 Å². The van der Waals surface area contributed by atoms with E-state index in [2.05, 4.69) is 36.2 Å². The van der Waals surface area contributed by atoms with Crippen molar-refractivity contribution in [3.63, 3.8) is 0 Å². The van der Waals surface area contributed by atoms with E-state index >= 15 is 0 Å². The lowest BCUT2D eigenvalue weighted by atomic mass is 9.95. The van der Waals surface area contributed by atoms with Gasteiger partial charge in [-0.1, -0.05) is 44.2 Å². The standard InChI is InChI=1S/C23H31N3O3/c1-3-25(4-2)20(18-9-6-5-7-10-18)17-24-22(27)19-12-14-26(15-13-19)23(28)21-11-8-16-29-21/h5-11,16,19-20H,3-4,12-15,17H2,1-2H3,(H,24,27). The second-order valence-corrected chi connectivity index (χ2v) is 7.44. The highest BCUT2D eigenvalue weighted by Crippen LogP contribution is 2.22. The van der Waals surface area contributed by atoms with Crippen LogP contribution in [0.1, 0.15) is 48.8 Å². The minimum absolute atomic E-state index is 0.0521. The van der Waals surface area contributed by atoms with Crippen LogP contribution in [0.4, 0.5) is 0 Å². The Morgan fingerprint density at radius 2 is 1.79 bits per heavy atom. The molecule has 0 saturated carbocycles. The molecule has 2 amide bonds. The Bertz CT molecular complexity index is 764. The van der Waals surface area contributed by atoms with Crippen LogP contribution in [0.15, 0.2) is 53.1 Å². The first-order valence-electron chi connectivity index (χ1n) is 10.5. The van der Waals surface area contributed by atoms with Gasteiger partial charge < -0.3 is 14.6 Å². The summed E-state index contributed by atoms with van der Waals surface area (Å²) in [6.45, 7) is 7.90. The van der Waals surface area contributed by atoms with Crippen molar-refractivity contribution in [2.75, 3.05) is 32.7 Å². The zero-order chi connectivity index (χ0) is 20.6. The molecule has 0 aliphatic carbocycles. The number of likely N-dealkylation sites (tertiary alicyclic amines) is 1. The highest BCUT2D eigenvalue weighted by atomic mass is 16.3. The van der Waals surface area contributed by atoms with Crippen LogP contribution in [-0.2, 0) is 4.79 Å². The molecule has 0 spiro atoms. The highest BCUT2D eigenvalue weighted by molar-refractivity contribution is 5.91. The number of carbonyl (C=O) groups is 2.